The van der Waals surface area contributed by atoms with Gasteiger partial charge in [0, 0.05) is 17.1 Å². The van der Waals surface area contributed by atoms with E-state index in [1.807, 2.05) is 24.3 Å². The van der Waals surface area contributed by atoms with E-state index < -0.39 is 11.9 Å². The van der Waals surface area contributed by atoms with Gasteiger partial charge in [0.05, 0.1) is 5.92 Å². The standard InChI is InChI=1S/C13H14BrNO3/c1-9(13(17)18)8-15-12(16)7-4-10-2-5-11(14)6-3-10/h2-7,9H,8H2,1H3,(H,15,16)(H,17,18). The first-order chi connectivity index (χ1) is 8.49. The molecule has 1 amide bonds. The molecule has 0 heterocycles. The van der Waals surface area contributed by atoms with Gasteiger partial charge in [-0.3, -0.25) is 9.59 Å². The molecule has 96 valence electrons. The number of aliphatic carboxylic acids is 1. The van der Waals surface area contributed by atoms with Gasteiger partial charge >= 0.3 is 5.97 Å². The summed E-state index contributed by atoms with van der Waals surface area (Å²) in [5.74, 6) is -1.81. The Morgan fingerprint density at radius 1 is 1.39 bits per heavy atom. The third-order valence-electron chi connectivity index (χ3n) is 2.30. The third kappa shape index (κ3) is 5.14. The molecule has 5 heteroatoms. The van der Waals surface area contributed by atoms with E-state index in [0.29, 0.717) is 0 Å². The van der Waals surface area contributed by atoms with Crippen molar-refractivity contribution in [3.05, 3.63) is 40.4 Å². The minimum absolute atomic E-state index is 0.124. The zero-order valence-corrected chi connectivity index (χ0v) is 11.5. The molecule has 1 aromatic carbocycles. The van der Waals surface area contributed by atoms with Crippen LogP contribution >= 0.6 is 15.9 Å². The molecule has 0 saturated heterocycles. The largest absolute Gasteiger partial charge is 0.481 e. The van der Waals surface area contributed by atoms with Crippen LogP contribution in [0.25, 0.3) is 6.08 Å². The fourth-order valence-electron chi connectivity index (χ4n) is 1.15. The Morgan fingerprint density at radius 3 is 2.56 bits per heavy atom. The van der Waals surface area contributed by atoms with Crippen LogP contribution in [0, 0.1) is 5.92 Å². The number of hydrogen-bond donors (Lipinski definition) is 2. The Labute approximate surface area is 114 Å². The lowest BCUT2D eigenvalue weighted by atomic mass is 10.2. The van der Waals surface area contributed by atoms with Crippen molar-refractivity contribution in [3.63, 3.8) is 0 Å². The third-order valence-corrected chi connectivity index (χ3v) is 2.83. The summed E-state index contributed by atoms with van der Waals surface area (Å²) >= 11 is 3.32. The SMILES string of the molecule is CC(CNC(=O)C=Cc1ccc(Br)cc1)C(=O)O. The van der Waals surface area contributed by atoms with Gasteiger partial charge in [-0.05, 0) is 23.8 Å². The number of benzene rings is 1. The Bertz CT molecular complexity index is 454. The Morgan fingerprint density at radius 2 is 2.00 bits per heavy atom. The molecule has 4 nitrogen and oxygen atoms in total. The number of halogens is 1. The Kier molecular flexibility index (Phi) is 5.58. The summed E-state index contributed by atoms with van der Waals surface area (Å²) in [5.41, 5.74) is 0.902. The van der Waals surface area contributed by atoms with E-state index in [1.165, 1.54) is 6.08 Å². The van der Waals surface area contributed by atoms with Crippen LogP contribution in [0.4, 0.5) is 0 Å². The minimum Gasteiger partial charge on any atom is -0.481 e. The lowest BCUT2D eigenvalue weighted by molar-refractivity contribution is -0.141. The van der Waals surface area contributed by atoms with E-state index in [0.717, 1.165) is 10.0 Å². The van der Waals surface area contributed by atoms with Crippen LogP contribution in [-0.4, -0.2) is 23.5 Å². The molecule has 1 aromatic rings. The van der Waals surface area contributed by atoms with Crippen molar-refractivity contribution >= 4 is 33.9 Å². The molecular formula is C13H14BrNO3. The highest BCUT2D eigenvalue weighted by molar-refractivity contribution is 9.10. The minimum atomic E-state index is -0.924. The fraction of sp³-hybridized carbons (Fsp3) is 0.231. The summed E-state index contributed by atoms with van der Waals surface area (Å²) in [6, 6.07) is 7.50. The van der Waals surface area contributed by atoms with Gasteiger partial charge in [0.15, 0.2) is 0 Å². The average molecular weight is 312 g/mol. The summed E-state index contributed by atoms with van der Waals surface area (Å²) in [6.07, 6.45) is 3.06. The molecule has 0 aromatic heterocycles. The number of rotatable bonds is 5. The number of carboxylic acid groups (broad SMARTS) is 1. The smallest absolute Gasteiger partial charge is 0.308 e. The zero-order valence-electron chi connectivity index (χ0n) is 9.89. The summed E-state index contributed by atoms with van der Waals surface area (Å²) in [6.45, 7) is 1.67. The first kappa shape index (κ1) is 14.4. The second kappa shape index (κ2) is 6.96. The van der Waals surface area contributed by atoms with E-state index in [-0.39, 0.29) is 12.5 Å². The van der Waals surface area contributed by atoms with E-state index in [9.17, 15) is 9.59 Å². The van der Waals surface area contributed by atoms with E-state index in [2.05, 4.69) is 21.2 Å². The van der Waals surface area contributed by atoms with Gasteiger partial charge in [-0.2, -0.15) is 0 Å². The second-order valence-electron chi connectivity index (χ2n) is 3.87. The van der Waals surface area contributed by atoms with Gasteiger partial charge in [-0.15, -0.1) is 0 Å². The second-order valence-corrected chi connectivity index (χ2v) is 4.78. The number of nitrogens with one attached hydrogen (secondary N) is 1. The summed E-state index contributed by atoms with van der Waals surface area (Å²) in [5, 5.41) is 11.2. The van der Waals surface area contributed by atoms with Crippen LogP contribution in [0.15, 0.2) is 34.8 Å². The number of carbonyl (C=O) groups excluding carboxylic acids is 1. The molecule has 0 aliphatic carbocycles. The van der Waals surface area contributed by atoms with Crippen LogP contribution in [0.3, 0.4) is 0 Å². The van der Waals surface area contributed by atoms with Crippen LogP contribution in [0.2, 0.25) is 0 Å². The van der Waals surface area contributed by atoms with Crippen LogP contribution in [0.5, 0.6) is 0 Å². The Balaban J connectivity index is 2.45. The predicted molar refractivity (Wildman–Crippen MR) is 73.0 cm³/mol. The highest BCUT2D eigenvalue weighted by atomic mass is 79.9. The average Bonchev–Trinajstić information content (AvgIpc) is 2.35. The summed E-state index contributed by atoms with van der Waals surface area (Å²) < 4.78 is 0.972. The molecule has 1 rings (SSSR count). The lowest BCUT2D eigenvalue weighted by Crippen LogP contribution is -2.30. The van der Waals surface area contributed by atoms with E-state index in [1.54, 1.807) is 13.0 Å². The molecule has 18 heavy (non-hydrogen) atoms. The maximum atomic E-state index is 11.4. The summed E-state index contributed by atoms with van der Waals surface area (Å²) in [7, 11) is 0. The quantitative estimate of drug-likeness (QED) is 0.820. The van der Waals surface area contributed by atoms with Crippen molar-refractivity contribution in [2.24, 2.45) is 5.92 Å². The van der Waals surface area contributed by atoms with Crippen molar-refractivity contribution in [3.8, 4) is 0 Å². The zero-order chi connectivity index (χ0) is 13.5. The molecule has 0 bridgehead atoms. The summed E-state index contributed by atoms with van der Waals surface area (Å²) in [4.78, 5) is 22.0. The maximum absolute atomic E-state index is 11.4. The number of carboxylic acids is 1. The van der Waals surface area contributed by atoms with Gasteiger partial charge < -0.3 is 10.4 Å². The number of carbonyl (C=O) groups is 2. The molecule has 0 aliphatic heterocycles. The molecule has 0 saturated carbocycles. The fourth-order valence-corrected chi connectivity index (χ4v) is 1.41. The topological polar surface area (TPSA) is 66.4 Å². The van der Waals surface area contributed by atoms with Crippen molar-refractivity contribution in [1.29, 1.82) is 0 Å². The van der Waals surface area contributed by atoms with Crippen LogP contribution in [0.1, 0.15) is 12.5 Å². The van der Waals surface area contributed by atoms with Crippen LogP contribution in [-0.2, 0) is 9.59 Å². The highest BCUT2D eigenvalue weighted by Gasteiger charge is 2.10. The van der Waals surface area contributed by atoms with E-state index >= 15 is 0 Å². The highest BCUT2D eigenvalue weighted by Crippen LogP contribution is 2.11. The van der Waals surface area contributed by atoms with Gasteiger partial charge in [0.1, 0.15) is 0 Å². The molecule has 0 radical (unpaired) electrons. The Hall–Kier alpha value is -1.62. The van der Waals surface area contributed by atoms with Crippen molar-refractivity contribution in [2.45, 2.75) is 6.92 Å². The van der Waals surface area contributed by atoms with Gasteiger partial charge in [0.25, 0.3) is 0 Å². The predicted octanol–water partition coefficient (Wildman–Crippen LogP) is 2.30. The number of amides is 1. The lowest BCUT2D eigenvalue weighted by Gasteiger charge is -2.05. The molecule has 1 unspecified atom stereocenters. The first-order valence-corrected chi connectivity index (χ1v) is 6.22. The first-order valence-electron chi connectivity index (χ1n) is 5.43. The molecular weight excluding hydrogens is 298 g/mol. The van der Waals surface area contributed by atoms with Crippen molar-refractivity contribution in [1.82, 2.24) is 5.32 Å². The van der Waals surface area contributed by atoms with Gasteiger partial charge in [-0.25, -0.2) is 0 Å². The monoisotopic (exact) mass is 311 g/mol. The molecule has 2 N–H and O–H groups in total. The molecule has 0 fully saturated rings. The normalized spacial score (nSPS) is 12.3. The van der Waals surface area contributed by atoms with E-state index in [4.69, 9.17) is 5.11 Å². The van der Waals surface area contributed by atoms with Gasteiger partial charge in [-0.1, -0.05) is 35.0 Å². The molecule has 1 atom stereocenters. The van der Waals surface area contributed by atoms with Gasteiger partial charge in [0.2, 0.25) is 5.91 Å². The van der Waals surface area contributed by atoms with Crippen molar-refractivity contribution in [2.75, 3.05) is 6.54 Å². The van der Waals surface area contributed by atoms with Crippen molar-refractivity contribution < 1.29 is 14.7 Å². The van der Waals surface area contributed by atoms with Crippen LogP contribution < -0.4 is 5.32 Å². The maximum Gasteiger partial charge on any atom is 0.308 e. The number of hydrogen-bond acceptors (Lipinski definition) is 2. The molecule has 0 spiro atoms. The molecule has 0 aliphatic rings.